The smallest absolute Gasteiger partial charge is 0.115 e. The first-order valence-corrected chi connectivity index (χ1v) is 9.62. The van der Waals surface area contributed by atoms with E-state index in [1.54, 1.807) is 0 Å². The Hall–Kier alpha value is -2.16. The summed E-state index contributed by atoms with van der Waals surface area (Å²) in [7, 11) is 0. The van der Waals surface area contributed by atoms with Gasteiger partial charge in [-0.3, -0.25) is 0 Å². The fraction of sp³-hybridized carbons (Fsp3) is 0.455. The van der Waals surface area contributed by atoms with Crippen LogP contribution >= 0.6 is 0 Å². The number of nitrogen functional groups attached to an aromatic ring is 1. The van der Waals surface area contributed by atoms with Gasteiger partial charge in [-0.05, 0) is 79.1 Å². The molecule has 0 aromatic heterocycles. The second kappa shape index (κ2) is 5.42. The highest BCUT2D eigenvalue weighted by atomic mass is 16.3. The lowest BCUT2D eigenvalue weighted by Gasteiger charge is -2.59. The number of phenolic OH excluding ortho intramolecular Hbond substituents is 1. The van der Waals surface area contributed by atoms with Crippen molar-refractivity contribution >= 4 is 11.4 Å². The molecule has 1 saturated heterocycles. The van der Waals surface area contributed by atoms with Crippen molar-refractivity contribution in [3.8, 4) is 5.75 Å². The number of aromatic hydroxyl groups is 1. The number of anilines is 2. The number of piperidine rings is 1. The molecule has 2 aromatic rings. The number of benzene rings is 2. The van der Waals surface area contributed by atoms with Gasteiger partial charge in [0.15, 0.2) is 0 Å². The van der Waals surface area contributed by atoms with Crippen molar-refractivity contribution in [2.75, 3.05) is 17.2 Å². The van der Waals surface area contributed by atoms with Crippen molar-refractivity contribution in [2.24, 2.45) is 5.92 Å². The molecule has 0 amide bonds. The minimum atomic E-state index is 0.277. The summed E-state index contributed by atoms with van der Waals surface area (Å²) < 4.78 is 0. The molecule has 2 aliphatic carbocycles. The van der Waals surface area contributed by atoms with E-state index < -0.39 is 0 Å². The summed E-state index contributed by atoms with van der Waals surface area (Å²) in [6, 6.07) is 15.1. The topological polar surface area (TPSA) is 49.5 Å². The fourth-order valence-electron chi connectivity index (χ4n) is 5.98. The number of nitrogens with zero attached hydrogens (tertiary/aromatic N) is 1. The third-order valence-electron chi connectivity index (χ3n) is 7.05. The predicted molar refractivity (Wildman–Crippen MR) is 102 cm³/mol. The van der Waals surface area contributed by atoms with Crippen molar-refractivity contribution in [1.82, 2.24) is 0 Å². The maximum absolute atomic E-state index is 10.1. The Morgan fingerprint density at radius 3 is 2.72 bits per heavy atom. The maximum atomic E-state index is 10.1. The molecule has 1 aliphatic heterocycles. The Balaban J connectivity index is 1.61. The van der Waals surface area contributed by atoms with Crippen LogP contribution in [0, 0.1) is 5.92 Å². The summed E-state index contributed by atoms with van der Waals surface area (Å²) in [4.78, 5) is 2.63. The Labute approximate surface area is 149 Å². The molecule has 2 fully saturated rings. The molecule has 130 valence electrons. The Morgan fingerprint density at radius 1 is 1.04 bits per heavy atom. The van der Waals surface area contributed by atoms with E-state index in [-0.39, 0.29) is 5.41 Å². The molecule has 2 aromatic carbocycles. The zero-order chi connectivity index (χ0) is 17.0. The summed E-state index contributed by atoms with van der Waals surface area (Å²) >= 11 is 0. The summed E-state index contributed by atoms with van der Waals surface area (Å²) in [5.41, 5.74) is 11.2. The van der Waals surface area contributed by atoms with Crippen LogP contribution < -0.4 is 10.6 Å². The van der Waals surface area contributed by atoms with Crippen molar-refractivity contribution in [2.45, 2.75) is 50.0 Å². The van der Waals surface area contributed by atoms with E-state index in [2.05, 4.69) is 29.2 Å². The fourth-order valence-corrected chi connectivity index (χ4v) is 5.98. The first-order chi connectivity index (χ1) is 12.2. The van der Waals surface area contributed by atoms with Crippen LogP contribution in [0.5, 0.6) is 5.75 Å². The van der Waals surface area contributed by atoms with E-state index in [4.69, 9.17) is 5.73 Å². The number of rotatable bonds is 1. The number of nitrogens with two attached hydrogens (primary N) is 1. The third-order valence-corrected chi connectivity index (χ3v) is 7.05. The first kappa shape index (κ1) is 15.1. The average Bonchev–Trinajstić information content (AvgIpc) is 2.63. The second-order valence-corrected chi connectivity index (χ2v) is 8.16. The summed E-state index contributed by atoms with van der Waals surface area (Å²) in [6.45, 7) is 1.10. The highest BCUT2D eigenvalue weighted by molar-refractivity contribution is 5.57. The third kappa shape index (κ3) is 2.18. The van der Waals surface area contributed by atoms with Crippen LogP contribution in [-0.2, 0) is 11.8 Å². The van der Waals surface area contributed by atoms with Crippen LogP contribution in [0.25, 0.3) is 0 Å². The lowest BCUT2D eigenvalue weighted by molar-refractivity contribution is 0.0983. The van der Waals surface area contributed by atoms with Gasteiger partial charge in [0.2, 0.25) is 0 Å². The lowest BCUT2D eigenvalue weighted by atomic mass is 9.52. The van der Waals surface area contributed by atoms with Crippen LogP contribution in [0.4, 0.5) is 11.4 Å². The number of fused-ring (bicyclic) bond motifs is 1. The molecule has 25 heavy (non-hydrogen) atoms. The number of phenols is 1. The second-order valence-electron chi connectivity index (χ2n) is 8.16. The van der Waals surface area contributed by atoms with Gasteiger partial charge in [-0.25, -0.2) is 0 Å². The van der Waals surface area contributed by atoms with Gasteiger partial charge in [0, 0.05) is 29.4 Å². The molecule has 2 bridgehead atoms. The van der Waals surface area contributed by atoms with Crippen molar-refractivity contribution in [3.05, 3.63) is 53.6 Å². The Morgan fingerprint density at radius 2 is 1.88 bits per heavy atom. The van der Waals surface area contributed by atoms with Gasteiger partial charge in [-0.15, -0.1) is 0 Å². The molecule has 3 nitrogen and oxygen atoms in total. The predicted octanol–water partition coefficient (Wildman–Crippen LogP) is 4.24. The minimum Gasteiger partial charge on any atom is -0.508 e. The Bertz CT molecular complexity index is 800. The molecular formula is C22H26N2O. The first-order valence-electron chi connectivity index (χ1n) is 9.62. The van der Waals surface area contributed by atoms with Crippen LogP contribution in [0.3, 0.4) is 0 Å². The van der Waals surface area contributed by atoms with Crippen molar-refractivity contribution in [1.29, 1.82) is 0 Å². The van der Waals surface area contributed by atoms with Gasteiger partial charge in [0.05, 0.1) is 0 Å². The van der Waals surface area contributed by atoms with Crippen LogP contribution in [-0.4, -0.2) is 17.7 Å². The molecule has 1 heterocycles. The molecule has 3 N–H and O–H groups in total. The SMILES string of the molecule is Nc1ccc(N2CC[C@@]34CCCC[C@@H]3[C@@H]2Cc2ccc(O)cc24)cc1. The standard InChI is InChI=1S/C22H26N2O/c23-16-5-7-17(8-6-16)24-12-11-22-10-2-1-3-19(22)21(24)13-15-4-9-18(25)14-20(15)22/h4-9,14,19,21,25H,1-3,10-13,23H2/t19-,21+,22+/m1/s1. The van der Waals surface area contributed by atoms with Gasteiger partial charge < -0.3 is 15.7 Å². The van der Waals surface area contributed by atoms with Gasteiger partial charge in [-0.1, -0.05) is 18.9 Å². The van der Waals surface area contributed by atoms with Gasteiger partial charge in [0.25, 0.3) is 0 Å². The lowest BCUT2D eigenvalue weighted by Crippen LogP contribution is -2.61. The number of hydrogen-bond acceptors (Lipinski definition) is 3. The van der Waals surface area contributed by atoms with Crippen LogP contribution in [0.1, 0.15) is 43.2 Å². The van der Waals surface area contributed by atoms with Crippen LogP contribution in [0.15, 0.2) is 42.5 Å². The van der Waals surface area contributed by atoms with Crippen LogP contribution in [0.2, 0.25) is 0 Å². The maximum Gasteiger partial charge on any atom is 0.115 e. The molecule has 3 atom stereocenters. The molecule has 5 rings (SSSR count). The summed E-state index contributed by atoms with van der Waals surface area (Å²) in [6.07, 6.45) is 7.53. The largest absolute Gasteiger partial charge is 0.508 e. The van der Waals surface area contributed by atoms with E-state index in [1.165, 1.54) is 48.9 Å². The number of hydrogen-bond donors (Lipinski definition) is 2. The normalized spacial score (nSPS) is 30.5. The molecule has 0 unspecified atom stereocenters. The Kier molecular flexibility index (Phi) is 3.28. The molecule has 3 aliphatic rings. The van der Waals surface area contributed by atoms with E-state index in [1.807, 2.05) is 18.2 Å². The highest BCUT2D eigenvalue weighted by Gasteiger charge is 2.53. The molecule has 3 heteroatoms. The zero-order valence-electron chi connectivity index (χ0n) is 14.6. The molecular weight excluding hydrogens is 308 g/mol. The molecule has 0 spiro atoms. The minimum absolute atomic E-state index is 0.277. The van der Waals surface area contributed by atoms with Gasteiger partial charge >= 0.3 is 0 Å². The monoisotopic (exact) mass is 334 g/mol. The quantitative estimate of drug-likeness (QED) is 0.767. The van der Waals surface area contributed by atoms with E-state index in [9.17, 15) is 5.11 Å². The summed E-state index contributed by atoms with van der Waals surface area (Å²) in [5.74, 6) is 1.12. The molecule has 0 radical (unpaired) electrons. The van der Waals surface area contributed by atoms with Gasteiger partial charge in [-0.2, -0.15) is 0 Å². The van der Waals surface area contributed by atoms with Gasteiger partial charge in [0.1, 0.15) is 5.75 Å². The van der Waals surface area contributed by atoms with Crippen molar-refractivity contribution in [3.63, 3.8) is 0 Å². The van der Waals surface area contributed by atoms with E-state index >= 15 is 0 Å². The summed E-state index contributed by atoms with van der Waals surface area (Å²) in [5, 5.41) is 10.1. The van der Waals surface area contributed by atoms with E-state index in [0.29, 0.717) is 17.7 Å². The zero-order valence-corrected chi connectivity index (χ0v) is 14.6. The van der Waals surface area contributed by atoms with E-state index in [0.717, 1.165) is 18.7 Å². The molecule has 1 saturated carbocycles. The highest BCUT2D eigenvalue weighted by Crippen LogP contribution is 2.56. The van der Waals surface area contributed by atoms with Crippen molar-refractivity contribution < 1.29 is 5.11 Å². The average molecular weight is 334 g/mol.